The standard InChI is InChI=1S/C16H13N5S2/c1-10-8-11(5-6-12(10)21-16(22-2)19-9-17)14-20-13-4-3-7-18-15(13)23-14/h3-8H,1-2H3,(H,19,21). The molecule has 0 unspecified atom stereocenters. The molecule has 23 heavy (non-hydrogen) atoms. The van der Waals surface area contributed by atoms with Crippen LogP contribution in [-0.2, 0) is 0 Å². The Kier molecular flexibility index (Phi) is 4.55. The number of thiazole rings is 1. The Bertz CT molecular complexity index is 891. The zero-order valence-electron chi connectivity index (χ0n) is 12.6. The Hall–Kier alpha value is -2.43. The highest BCUT2D eigenvalue weighted by atomic mass is 32.2. The van der Waals surface area contributed by atoms with Crippen LogP contribution in [0.4, 0.5) is 5.69 Å². The van der Waals surface area contributed by atoms with Gasteiger partial charge in [0.15, 0.2) is 11.4 Å². The second-order valence-electron chi connectivity index (χ2n) is 4.71. The van der Waals surface area contributed by atoms with Gasteiger partial charge in [-0.3, -0.25) is 5.32 Å². The maximum Gasteiger partial charge on any atom is 0.183 e. The normalized spacial score (nSPS) is 11.4. The van der Waals surface area contributed by atoms with Crippen molar-refractivity contribution in [1.29, 1.82) is 5.26 Å². The molecule has 2 heterocycles. The quantitative estimate of drug-likeness (QED) is 0.329. The first-order valence-corrected chi connectivity index (χ1v) is 8.86. The highest BCUT2D eigenvalue weighted by Gasteiger charge is 2.08. The third-order valence-electron chi connectivity index (χ3n) is 3.19. The number of pyridine rings is 1. The van der Waals surface area contributed by atoms with Crippen molar-refractivity contribution in [3.63, 3.8) is 0 Å². The van der Waals surface area contributed by atoms with Crippen LogP contribution in [0, 0.1) is 18.4 Å². The molecule has 0 saturated carbocycles. The molecule has 0 aliphatic heterocycles. The molecule has 0 spiro atoms. The first-order valence-electron chi connectivity index (χ1n) is 6.81. The summed E-state index contributed by atoms with van der Waals surface area (Å²) in [5.41, 5.74) is 3.82. The molecule has 0 fully saturated rings. The second kappa shape index (κ2) is 6.77. The number of aliphatic imine (C=N–C) groups is 1. The minimum Gasteiger partial charge on any atom is -0.271 e. The molecular formula is C16H13N5S2. The number of nitrogens with zero attached hydrogens (tertiary/aromatic N) is 4. The van der Waals surface area contributed by atoms with Crippen LogP contribution in [0.25, 0.3) is 20.9 Å². The van der Waals surface area contributed by atoms with Gasteiger partial charge in [0.1, 0.15) is 15.4 Å². The summed E-state index contributed by atoms with van der Waals surface area (Å²) in [6, 6.07) is 9.85. The van der Waals surface area contributed by atoms with Gasteiger partial charge in [-0.2, -0.15) is 5.26 Å². The molecule has 3 rings (SSSR count). The molecule has 1 N–H and O–H groups in total. The maximum atomic E-state index is 8.71. The molecule has 0 radical (unpaired) electrons. The predicted molar refractivity (Wildman–Crippen MR) is 96.9 cm³/mol. The number of rotatable bonds is 2. The Morgan fingerprint density at radius 3 is 2.96 bits per heavy atom. The molecule has 0 aliphatic carbocycles. The number of fused-ring (bicyclic) bond motifs is 1. The van der Waals surface area contributed by atoms with Gasteiger partial charge < -0.3 is 0 Å². The Balaban J connectivity index is 1.97. The molecular weight excluding hydrogens is 326 g/mol. The number of aromatic nitrogens is 2. The summed E-state index contributed by atoms with van der Waals surface area (Å²) in [4.78, 5) is 14.3. The molecule has 0 atom stereocenters. The minimum absolute atomic E-state index is 0.576. The van der Waals surface area contributed by atoms with E-state index in [2.05, 4.69) is 26.3 Å². The lowest BCUT2D eigenvalue weighted by Gasteiger charge is -2.05. The van der Waals surface area contributed by atoms with Crippen LogP contribution in [0.2, 0.25) is 0 Å². The van der Waals surface area contributed by atoms with Gasteiger partial charge in [-0.15, -0.1) is 0 Å². The molecule has 3 aromatic rings. The SMILES string of the molecule is CSC(=Nc1ccc(-c2nc3cccnc3s2)cc1C)NC#N. The lowest BCUT2D eigenvalue weighted by atomic mass is 10.1. The summed E-state index contributed by atoms with van der Waals surface area (Å²) in [6.45, 7) is 2.00. The molecule has 114 valence electrons. The van der Waals surface area contributed by atoms with Gasteiger partial charge in [-0.25, -0.2) is 15.0 Å². The average Bonchev–Trinajstić information content (AvgIpc) is 3.00. The van der Waals surface area contributed by atoms with Crippen LogP contribution in [0.5, 0.6) is 0 Å². The van der Waals surface area contributed by atoms with E-state index in [1.54, 1.807) is 17.5 Å². The summed E-state index contributed by atoms with van der Waals surface area (Å²) in [5, 5.41) is 12.8. The van der Waals surface area contributed by atoms with Gasteiger partial charge in [0.2, 0.25) is 0 Å². The van der Waals surface area contributed by atoms with Gasteiger partial charge >= 0.3 is 0 Å². The summed E-state index contributed by atoms with van der Waals surface area (Å²) in [5.74, 6) is 0. The third kappa shape index (κ3) is 3.33. The summed E-state index contributed by atoms with van der Waals surface area (Å²) >= 11 is 2.97. The van der Waals surface area contributed by atoms with E-state index in [9.17, 15) is 0 Å². The van der Waals surface area contributed by atoms with Gasteiger partial charge in [-0.05, 0) is 49.1 Å². The van der Waals surface area contributed by atoms with Crippen molar-refractivity contribution >= 4 is 44.3 Å². The molecule has 0 saturated heterocycles. The number of benzene rings is 1. The molecule has 0 aliphatic rings. The summed E-state index contributed by atoms with van der Waals surface area (Å²) in [6.07, 6.45) is 5.55. The maximum absolute atomic E-state index is 8.71. The van der Waals surface area contributed by atoms with E-state index in [1.165, 1.54) is 11.8 Å². The summed E-state index contributed by atoms with van der Waals surface area (Å²) < 4.78 is 0. The van der Waals surface area contributed by atoms with Crippen molar-refractivity contribution in [3.8, 4) is 16.8 Å². The predicted octanol–water partition coefficient (Wildman–Crippen LogP) is 4.09. The van der Waals surface area contributed by atoms with Gasteiger partial charge in [0, 0.05) is 11.8 Å². The number of hydrogen-bond donors (Lipinski definition) is 1. The van der Waals surface area contributed by atoms with Crippen molar-refractivity contribution in [3.05, 3.63) is 42.1 Å². The fourth-order valence-corrected chi connectivity index (χ4v) is 3.33. The van der Waals surface area contributed by atoms with Crippen molar-refractivity contribution in [2.24, 2.45) is 4.99 Å². The van der Waals surface area contributed by atoms with Crippen LogP contribution in [0.15, 0.2) is 41.5 Å². The van der Waals surface area contributed by atoms with Crippen molar-refractivity contribution < 1.29 is 0 Å². The second-order valence-corrected chi connectivity index (χ2v) is 6.48. The van der Waals surface area contributed by atoms with Crippen molar-refractivity contribution in [2.75, 3.05) is 6.26 Å². The Morgan fingerprint density at radius 1 is 1.39 bits per heavy atom. The van der Waals surface area contributed by atoms with Crippen LogP contribution >= 0.6 is 23.1 Å². The van der Waals surface area contributed by atoms with Crippen LogP contribution in [-0.4, -0.2) is 21.4 Å². The van der Waals surface area contributed by atoms with E-state index in [-0.39, 0.29) is 0 Å². The molecule has 2 aromatic heterocycles. The highest BCUT2D eigenvalue weighted by Crippen LogP contribution is 2.31. The zero-order chi connectivity index (χ0) is 16.2. The highest BCUT2D eigenvalue weighted by molar-refractivity contribution is 8.13. The third-order valence-corrected chi connectivity index (χ3v) is 4.80. The van der Waals surface area contributed by atoms with Crippen LogP contribution in [0.3, 0.4) is 0 Å². The first kappa shape index (κ1) is 15.5. The average molecular weight is 339 g/mol. The van der Waals surface area contributed by atoms with Crippen molar-refractivity contribution in [2.45, 2.75) is 6.92 Å². The monoisotopic (exact) mass is 339 g/mol. The molecule has 0 amide bonds. The molecule has 1 aromatic carbocycles. The van der Waals surface area contributed by atoms with Crippen molar-refractivity contribution in [1.82, 2.24) is 15.3 Å². The molecule has 7 heteroatoms. The zero-order valence-corrected chi connectivity index (χ0v) is 14.2. The fourth-order valence-electron chi connectivity index (χ4n) is 2.09. The Labute approximate surface area is 142 Å². The van der Waals surface area contributed by atoms with Crippen LogP contribution < -0.4 is 5.32 Å². The fraction of sp³-hybridized carbons (Fsp3) is 0.125. The molecule has 5 nitrogen and oxygen atoms in total. The largest absolute Gasteiger partial charge is 0.271 e. The number of thioether (sulfide) groups is 1. The van der Waals surface area contributed by atoms with E-state index in [1.807, 2.05) is 43.6 Å². The number of amidine groups is 1. The number of hydrogen-bond acceptors (Lipinski definition) is 6. The Morgan fingerprint density at radius 2 is 2.26 bits per heavy atom. The van der Waals surface area contributed by atoms with Gasteiger partial charge in [0.25, 0.3) is 0 Å². The smallest absolute Gasteiger partial charge is 0.183 e. The van der Waals surface area contributed by atoms with Gasteiger partial charge in [0.05, 0.1) is 5.69 Å². The molecule has 0 bridgehead atoms. The van der Waals surface area contributed by atoms with Gasteiger partial charge in [-0.1, -0.05) is 23.1 Å². The lowest BCUT2D eigenvalue weighted by Crippen LogP contribution is -2.12. The first-order chi connectivity index (χ1) is 11.2. The van der Waals surface area contributed by atoms with E-state index in [0.717, 1.165) is 32.2 Å². The number of aryl methyl sites for hydroxylation is 1. The van der Waals surface area contributed by atoms with E-state index < -0.39 is 0 Å². The minimum atomic E-state index is 0.576. The van der Waals surface area contributed by atoms with E-state index in [0.29, 0.717) is 5.17 Å². The van der Waals surface area contributed by atoms with Crippen LogP contribution in [0.1, 0.15) is 5.56 Å². The lowest BCUT2D eigenvalue weighted by molar-refractivity contribution is 1.27. The van der Waals surface area contributed by atoms with E-state index >= 15 is 0 Å². The number of nitrogens with one attached hydrogen (secondary N) is 1. The summed E-state index contributed by atoms with van der Waals surface area (Å²) in [7, 11) is 0. The topological polar surface area (TPSA) is 74.0 Å². The van der Waals surface area contributed by atoms with E-state index in [4.69, 9.17) is 5.26 Å². The number of nitriles is 1.